The van der Waals surface area contributed by atoms with Crippen molar-refractivity contribution in [2.45, 2.75) is 13.8 Å². The van der Waals surface area contributed by atoms with E-state index >= 15 is 0 Å². The number of carbonyl (C=O) groups is 2. The van der Waals surface area contributed by atoms with Gasteiger partial charge in [-0.15, -0.1) is 0 Å². The van der Waals surface area contributed by atoms with Crippen LogP contribution in [0, 0.1) is 0 Å². The van der Waals surface area contributed by atoms with Gasteiger partial charge in [0.1, 0.15) is 0 Å². The van der Waals surface area contributed by atoms with Gasteiger partial charge in [0.25, 0.3) is 0 Å². The van der Waals surface area contributed by atoms with Gasteiger partial charge in [-0.2, -0.15) is 0 Å². The maximum Gasteiger partial charge on any atom is 0.228 e. The zero-order valence-corrected chi connectivity index (χ0v) is 17.2. The molecular formula is C23H23N3O3. The van der Waals surface area contributed by atoms with E-state index in [1.54, 1.807) is 23.8 Å². The van der Waals surface area contributed by atoms with Crippen molar-refractivity contribution in [1.82, 2.24) is 0 Å². The van der Waals surface area contributed by atoms with Crippen LogP contribution in [0.3, 0.4) is 0 Å². The minimum Gasteiger partial charge on any atom is -0.453 e. The SMILES string of the molecule is CC(=O)N(C)c1cc2c(c3ccccc13)N(C(C)=O)c1ccc(N(C)C)cc1O2. The lowest BCUT2D eigenvalue weighted by molar-refractivity contribution is -0.117. The molecule has 0 unspecified atom stereocenters. The standard InChI is InChI=1S/C23H23N3O3/c1-14(27)25(5)20-13-22-23(18-9-7-6-8-17(18)20)26(15(2)28)19-11-10-16(24(3)4)12-21(19)29-22/h6-13H,1-5H3. The molecule has 1 aliphatic heterocycles. The van der Waals surface area contributed by atoms with E-state index in [2.05, 4.69) is 0 Å². The van der Waals surface area contributed by atoms with Crippen molar-refractivity contribution in [3.63, 3.8) is 0 Å². The zero-order chi connectivity index (χ0) is 20.9. The van der Waals surface area contributed by atoms with Gasteiger partial charge in [0, 0.05) is 63.6 Å². The average molecular weight is 389 g/mol. The van der Waals surface area contributed by atoms with Crippen molar-refractivity contribution in [2.75, 3.05) is 35.8 Å². The summed E-state index contributed by atoms with van der Waals surface area (Å²) >= 11 is 0. The molecule has 0 aromatic heterocycles. The molecule has 1 heterocycles. The van der Waals surface area contributed by atoms with Crippen LogP contribution in [0.1, 0.15) is 13.8 Å². The molecule has 0 atom stereocenters. The van der Waals surface area contributed by atoms with E-state index in [-0.39, 0.29) is 11.8 Å². The Kier molecular flexibility index (Phi) is 4.42. The second kappa shape index (κ2) is 6.81. The number of rotatable bonds is 2. The van der Waals surface area contributed by atoms with Crippen LogP contribution in [-0.4, -0.2) is 33.0 Å². The fraction of sp³-hybridized carbons (Fsp3) is 0.217. The number of hydrogen-bond donors (Lipinski definition) is 0. The van der Waals surface area contributed by atoms with Crippen LogP contribution in [-0.2, 0) is 9.59 Å². The summed E-state index contributed by atoms with van der Waals surface area (Å²) in [6, 6.07) is 15.4. The number of carbonyl (C=O) groups excluding carboxylic acids is 2. The lowest BCUT2D eigenvalue weighted by Gasteiger charge is -2.33. The highest BCUT2D eigenvalue weighted by Crippen LogP contribution is 2.52. The number of anilines is 4. The molecule has 0 spiro atoms. The fourth-order valence-corrected chi connectivity index (χ4v) is 3.69. The smallest absolute Gasteiger partial charge is 0.228 e. The first-order chi connectivity index (χ1) is 13.8. The first-order valence-corrected chi connectivity index (χ1v) is 9.39. The van der Waals surface area contributed by atoms with Gasteiger partial charge in [-0.05, 0) is 12.1 Å². The maximum absolute atomic E-state index is 12.7. The Bertz CT molecular complexity index is 1150. The number of hydrogen-bond acceptors (Lipinski definition) is 4. The molecule has 0 fully saturated rings. The molecular weight excluding hydrogens is 366 g/mol. The summed E-state index contributed by atoms with van der Waals surface area (Å²) in [5.41, 5.74) is 3.10. The van der Waals surface area contributed by atoms with Gasteiger partial charge in [-0.25, -0.2) is 0 Å². The lowest BCUT2D eigenvalue weighted by atomic mass is 10.0. The molecule has 3 aromatic rings. The second-order valence-corrected chi connectivity index (χ2v) is 7.37. The molecule has 0 bridgehead atoms. The van der Waals surface area contributed by atoms with Gasteiger partial charge in [-0.1, -0.05) is 24.3 Å². The lowest BCUT2D eigenvalue weighted by Crippen LogP contribution is -2.28. The van der Waals surface area contributed by atoms with Crippen LogP contribution >= 0.6 is 0 Å². The van der Waals surface area contributed by atoms with E-state index in [0.717, 1.165) is 22.1 Å². The summed E-state index contributed by atoms with van der Waals surface area (Å²) in [5.74, 6) is 0.965. The van der Waals surface area contributed by atoms with Gasteiger partial charge in [0.15, 0.2) is 11.5 Å². The van der Waals surface area contributed by atoms with Crippen molar-refractivity contribution in [1.29, 1.82) is 0 Å². The van der Waals surface area contributed by atoms with E-state index in [1.165, 1.54) is 6.92 Å². The highest BCUT2D eigenvalue weighted by atomic mass is 16.5. The van der Waals surface area contributed by atoms with E-state index < -0.39 is 0 Å². The van der Waals surface area contributed by atoms with E-state index in [9.17, 15) is 9.59 Å². The molecule has 2 amide bonds. The Hall–Kier alpha value is -3.54. The summed E-state index contributed by atoms with van der Waals surface area (Å²) in [6.45, 7) is 3.07. The van der Waals surface area contributed by atoms with Gasteiger partial charge >= 0.3 is 0 Å². The summed E-state index contributed by atoms with van der Waals surface area (Å²) in [4.78, 5) is 30.0. The van der Waals surface area contributed by atoms with E-state index in [4.69, 9.17) is 4.74 Å². The molecule has 0 saturated heterocycles. The fourth-order valence-electron chi connectivity index (χ4n) is 3.69. The number of amides is 2. The average Bonchev–Trinajstić information content (AvgIpc) is 2.70. The van der Waals surface area contributed by atoms with Crippen LogP contribution in [0.5, 0.6) is 11.5 Å². The van der Waals surface area contributed by atoms with E-state index in [0.29, 0.717) is 22.9 Å². The Morgan fingerprint density at radius 1 is 0.897 bits per heavy atom. The van der Waals surface area contributed by atoms with Gasteiger partial charge in [0.2, 0.25) is 11.8 Å². The number of fused-ring (bicyclic) bond motifs is 4. The molecule has 0 aliphatic carbocycles. The van der Waals surface area contributed by atoms with Crippen molar-refractivity contribution in [3.05, 3.63) is 48.5 Å². The quantitative estimate of drug-likeness (QED) is 0.639. The number of benzene rings is 3. The molecule has 6 nitrogen and oxygen atoms in total. The topological polar surface area (TPSA) is 53.1 Å². The number of nitrogens with zero attached hydrogens (tertiary/aromatic N) is 3. The molecule has 1 aliphatic rings. The Labute approximate surface area is 169 Å². The summed E-state index contributed by atoms with van der Waals surface area (Å²) in [6.07, 6.45) is 0. The Morgan fingerprint density at radius 3 is 2.21 bits per heavy atom. The Morgan fingerprint density at radius 2 is 1.59 bits per heavy atom. The van der Waals surface area contributed by atoms with Crippen LogP contribution < -0.4 is 19.4 Å². The molecule has 29 heavy (non-hydrogen) atoms. The van der Waals surface area contributed by atoms with Crippen molar-refractivity contribution >= 4 is 45.3 Å². The van der Waals surface area contributed by atoms with E-state index in [1.807, 2.05) is 67.5 Å². The van der Waals surface area contributed by atoms with Crippen molar-refractivity contribution in [2.24, 2.45) is 0 Å². The molecule has 3 aromatic carbocycles. The molecule has 4 rings (SSSR count). The van der Waals surface area contributed by atoms with Crippen LogP contribution in [0.4, 0.5) is 22.7 Å². The summed E-state index contributed by atoms with van der Waals surface area (Å²) < 4.78 is 6.27. The summed E-state index contributed by atoms with van der Waals surface area (Å²) in [5, 5.41) is 1.73. The van der Waals surface area contributed by atoms with Gasteiger partial charge in [-0.3, -0.25) is 14.5 Å². The van der Waals surface area contributed by atoms with Gasteiger partial charge in [0.05, 0.1) is 17.1 Å². The van der Waals surface area contributed by atoms with Crippen LogP contribution in [0.25, 0.3) is 10.8 Å². The highest BCUT2D eigenvalue weighted by Gasteiger charge is 2.31. The van der Waals surface area contributed by atoms with Crippen molar-refractivity contribution < 1.29 is 14.3 Å². The monoisotopic (exact) mass is 389 g/mol. The summed E-state index contributed by atoms with van der Waals surface area (Å²) in [7, 11) is 5.64. The first-order valence-electron chi connectivity index (χ1n) is 9.39. The molecule has 0 radical (unpaired) electrons. The molecule has 6 heteroatoms. The molecule has 148 valence electrons. The molecule has 0 saturated carbocycles. The number of ether oxygens (including phenoxy) is 1. The third-order valence-electron chi connectivity index (χ3n) is 5.25. The minimum absolute atomic E-state index is 0.0790. The highest BCUT2D eigenvalue weighted by molar-refractivity contribution is 6.16. The zero-order valence-electron chi connectivity index (χ0n) is 17.2. The van der Waals surface area contributed by atoms with Crippen LogP contribution in [0.2, 0.25) is 0 Å². The second-order valence-electron chi connectivity index (χ2n) is 7.37. The maximum atomic E-state index is 12.7. The first kappa shape index (κ1) is 18.8. The normalized spacial score (nSPS) is 12.1. The van der Waals surface area contributed by atoms with Gasteiger partial charge < -0.3 is 14.5 Å². The predicted octanol–water partition coefficient (Wildman–Crippen LogP) is 4.68. The van der Waals surface area contributed by atoms with Crippen LogP contribution in [0.15, 0.2) is 48.5 Å². The third-order valence-corrected chi connectivity index (χ3v) is 5.25. The molecule has 0 N–H and O–H groups in total. The largest absolute Gasteiger partial charge is 0.453 e. The predicted molar refractivity (Wildman–Crippen MR) is 117 cm³/mol. The Balaban J connectivity index is 2.03. The minimum atomic E-state index is -0.105. The third kappa shape index (κ3) is 2.97. The van der Waals surface area contributed by atoms with Crippen molar-refractivity contribution in [3.8, 4) is 11.5 Å².